The molecule has 2 aromatic rings. The Hall–Kier alpha value is -0.420. The van der Waals surface area contributed by atoms with Crippen LogP contribution in [0.15, 0.2) is 28.1 Å². The van der Waals surface area contributed by atoms with Gasteiger partial charge in [-0.1, -0.05) is 12.1 Å². The summed E-state index contributed by atoms with van der Waals surface area (Å²) in [7, 11) is 2.07. The highest BCUT2D eigenvalue weighted by Crippen LogP contribution is 2.39. The maximum absolute atomic E-state index is 5.49. The quantitative estimate of drug-likeness (QED) is 0.897. The Morgan fingerprint density at radius 3 is 2.89 bits per heavy atom. The predicted octanol–water partition coefficient (Wildman–Crippen LogP) is 4.35. The fraction of sp³-hybridized carbons (Fsp3) is 0.467. The van der Waals surface area contributed by atoms with Gasteiger partial charge in [-0.15, -0.1) is 11.3 Å². The summed E-state index contributed by atoms with van der Waals surface area (Å²) in [4.78, 5) is 0. The highest BCUT2D eigenvalue weighted by molar-refractivity contribution is 9.10. The number of benzene rings is 1. The Balaban J connectivity index is 1.99. The third kappa shape index (κ3) is 2.59. The number of rotatable bonds is 3. The van der Waals surface area contributed by atoms with E-state index in [1.807, 2.05) is 11.3 Å². The van der Waals surface area contributed by atoms with Crippen LogP contribution in [0.1, 0.15) is 24.4 Å². The summed E-state index contributed by atoms with van der Waals surface area (Å²) in [5.74, 6) is 0.676. The van der Waals surface area contributed by atoms with Gasteiger partial charge in [0.05, 0.1) is 0 Å². The monoisotopic (exact) mass is 339 g/mol. The Kier molecular flexibility index (Phi) is 4.22. The van der Waals surface area contributed by atoms with Crippen LogP contribution < -0.4 is 5.32 Å². The molecule has 1 fully saturated rings. The second-order valence-corrected chi connectivity index (χ2v) is 6.76. The van der Waals surface area contributed by atoms with E-state index < -0.39 is 0 Å². The molecule has 102 valence electrons. The summed E-state index contributed by atoms with van der Waals surface area (Å²) < 4.78 is 8.03. The molecule has 1 aliphatic rings. The van der Waals surface area contributed by atoms with Crippen LogP contribution in [0.5, 0.6) is 0 Å². The van der Waals surface area contributed by atoms with Crippen LogP contribution in [0.2, 0.25) is 0 Å². The summed E-state index contributed by atoms with van der Waals surface area (Å²) >= 11 is 5.48. The molecule has 0 spiro atoms. The molecular weight excluding hydrogens is 322 g/mol. The number of thiophene rings is 1. The van der Waals surface area contributed by atoms with Crippen LogP contribution in [0.25, 0.3) is 10.1 Å². The lowest BCUT2D eigenvalue weighted by molar-refractivity contribution is 0.0548. The summed E-state index contributed by atoms with van der Waals surface area (Å²) in [5.41, 5.74) is 1.44. The molecule has 1 aliphatic heterocycles. The molecule has 0 amide bonds. The zero-order chi connectivity index (χ0) is 13.2. The number of hydrogen-bond acceptors (Lipinski definition) is 3. The molecule has 1 saturated heterocycles. The zero-order valence-electron chi connectivity index (χ0n) is 11.0. The van der Waals surface area contributed by atoms with E-state index in [0.29, 0.717) is 12.0 Å². The molecule has 3 rings (SSSR count). The Morgan fingerprint density at radius 2 is 2.16 bits per heavy atom. The summed E-state index contributed by atoms with van der Waals surface area (Å²) in [6, 6.07) is 6.91. The molecular formula is C15H18BrNOS. The number of nitrogens with one attached hydrogen (secondary N) is 1. The number of ether oxygens (including phenoxy) is 1. The van der Waals surface area contributed by atoms with Crippen LogP contribution in [-0.4, -0.2) is 20.3 Å². The van der Waals surface area contributed by atoms with Gasteiger partial charge < -0.3 is 10.1 Å². The van der Waals surface area contributed by atoms with Crippen molar-refractivity contribution in [2.75, 3.05) is 20.3 Å². The van der Waals surface area contributed by atoms with E-state index in [1.165, 1.54) is 20.1 Å². The average molecular weight is 340 g/mol. The van der Waals surface area contributed by atoms with Gasteiger partial charge in [-0.25, -0.2) is 0 Å². The van der Waals surface area contributed by atoms with Crippen LogP contribution in [0.3, 0.4) is 0 Å². The van der Waals surface area contributed by atoms with E-state index in [0.717, 1.165) is 26.1 Å². The third-order valence-electron chi connectivity index (χ3n) is 3.97. The first-order valence-electron chi connectivity index (χ1n) is 6.72. The molecule has 0 radical (unpaired) electrons. The average Bonchev–Trinajstić information content (AvgIpc) is 2.87. The summed E-state index contributed by atoms with van der Waals surface area (Å²) in [6.45, 7) is 1.79. The van der Waals surface area contributed by atoms with Gasteiger partial charge in [0.1, 0.15) is 0 Å². The second-order valence-electron chi connectivity index (χ2n) is 5.02. The first-order chi connectivity index (χ1) is 9.31. The predicted molar refractivity (Wildman–Crippen MR) is 84.9 cm³/mol. The minimum Gasteiger partial charge on any atom is -0.381 e. The Bertz CT molecular complexity index is 562. The van der Waals surface area contributed by atoms with Crippen molar-refractivity contribution in [3.05, 3.63) is 33.6 Å². The molecule has 0 bridgehead atoms. The topological polar surface area (TPSA) is 21.3 Å². The van der Waals surface area contributed by atoms with E-state index in [2.05, 4.69) is 51.9 Å². The van der Waals surface area contributed by atoms with Gasteiger partial charge in [0.25, 0.3) is 0 Å². The van der Waals surface area contributed by atoms with Crippen molar-refractivity contribution in [2.24, 2.45) is 5.92 Å². The van der Waals surface area contributed by atoms with Crippen molar-refractivity contribution >= 4 is 37.4 Å². The Morgan fingerprint density at radius 1 is 1.37 bits per heavy atom. The molecule has 0 saturated carbocycles. The normalized spacial score (nSPS) is 18.8. The zero-order valence-corrected chi connectivity index (χ0v) is 13.4. The van der Waals surface area contributed by atoms with Gasteiger partial charge in [0.15, 0.2) is 0 Å². The van der Waals surface area contributed by atoms with Gasteiger partial charge in [-0.05, 0) is 64.1 Å². The minimum atomic E-state index is 0.437. The fourth-order valence-electron chi connectivity index (χ4n) is 2.98. The molecule has 2 nitrogen and oxygen atoms in total. The van der Waals surface area contributed by atoms with Crippen molar-refractivity contribution in [1.82, 2.24) is 5.32 Å². The van der Waals surface area contributed by atoms with Gasteiger partial charge in [-0.2, -0.15) is 0 Å². The lowest BCUT2D eigenvalue weighted by Gasteiger charge is -2.30. The number of halogens is 1. The highest BCUT2D eigenvalue weighted by atomic mass is 79.9. The van der Waals surface area contributed by atoms with Crippen LogP contribution in [-0.2, 0) is 4.74 Å². The molecule has 1 aromatic carbocycles. The van der Waals surface area contributed by atoms with Gasteiger partial charge >= 0.3 is 0 Å². The number of hydrogen-bond donors (Lipinski definition) is 1. The summed E-state index contributed by atoms with van der Waals surface area (Å²) in [5, 5.41) is 7.21. The highest BCUT2D eigenvalue weighted by Gasteiger charge is 2.26. The van der Waals surface area contributed by atoms with Crippen molar-refractivity contribution in [2.45, 2.75) is 18.9 Å². The maximum Gasteiger partial charge on any atom is 0.0488 e. The molecule has 4 heteroatoms. The number of fused-ring (bicyclic) bond motifs is 1. The van der Waals surface area contributed by atoms with Gasteiger partial charge in [0, 0.05) is 28.4 Å². The largest absolute Gasteiger partial charge is 0.381 e. The molecule has 0 aliphatic carbocycles. The van der Waals surface area contributed by atoms with Crippen molar-refractivity contribution in [3.63, 3.8) is 0 Å². The van der Waals surface area contributed by atoms with Gasteiger partial charge in [-0.3, -0.25) is 0 Å². The first-order valence-corrected chi connectivity index (χ1v) is 8.39. The van der Waals surface area contributed by atoms with Crippen molar-refractivity contribution in [1.29, 1.82) is 0 Å². The second kappa shape index (κ2) is 5.92. The van der Waals surface area contributed by atoms with Crippen LogP contribution in [0.4, 0.5) is 0 Å². The standard InChI is InChI=1S/C15H18BrNOS/c1-17-14(10-5-7-18-8-6-10)12-9-19-15-11(12)3-2-4-13(15)16/h2-4,9-10,14,17H,5-8H2,1H3. The molecule has 19 heavy (non-hydrogen) atoms. The van der Waals surface area contributed by atoms with E-state index in [-0.39, 0.29) is 0 Å². The maximum atomic E-state index is 5.49. The van der Waals surface area contributed by atoms with Crippen molar-refractivity contribution in [3.8, 4) is 0 Å². The lowest BCUT2D eigenvalue weighted by Crippen LogP contribution is -2.29. The Labute approximate surface area is 126 Å². The lowest BCUT2D eigenvalue weighted by atomic mass is 9.87. The van der Waals surface area contributed by atoms with E-state index in [1.54, 1.807) is 0 Å². The molecule has 1 atom stereocenters. The van der Waals surface area contributed by atoms with Gasteiger partial charge in [0.2, 0.25) is 0 Å². The minimum absolute atomic E-state index is 0.437. The van der Waals surface area contributed by atoms with Crippen molar-refractivity contribution < 1.29 is 4.74 Å². The molecule has 1 unspecified atom stereocenters. The SMILES string of the molecule is CNC(c1csc2c(Br)cccc12)C1CCOCC1. The first kappa shape index (κ1) is 13.6. The van der Waals surface area contributed by atoms with Crippen LogP contribution in [0, 0.1) is 5.92 Å². The molecule has 2 heterocycles. The fourth-order valence-corrected chi connectivity index (χ4v) is 4.64. The third-order valence-corrected chi connectivity index (χ3v) is 5.94. The smallest absolute Gasteiger partial charge is 0.0488 e. The molecule has 1 N–H and O–H groups in total. The van der Waals surface area contributed by atoms with E-state index >= 15 is 0 Å². The van der Waals surface area contributed by atoms with E-state index in [4.69, 9.17) is 4.74 Å². The van der Waals surface area contributed by atoms with Crippen LogP contribution >= 0.6 is 27.3 Å². The van der Waals surface area contributed by atoms with E-state index in [9.17, 15) is 0 Å². The summed E-state index contributed by atoms with van der Waals surface area (Å²) in [6.07, 6.45) is 2.30. The molecule has 1 aromatic heterocycles.